The lowest BCUT2D eigenvalue weighted by molar-refractivity contribution is -0.385. The highest BCUT2D eigenvalue weighted by atomic mass is 79.9. The van der Waals surface area contributed by atoms with E-state index in [0.717, 1.165) is 6.07 Å². The molecule has 0 aliphatic rings. The van der Waals surface area contributed by atoms with E-state index in [1.807, 2.05) is 0 Å². The van der Waals surface area contributed by atoms with Gasteiger partial charge in [0.15, 0.2) is 11.6 Å². The minimum Gasteiger partial charge on any atom is -0.453 e. The molecule has 0 saturated carbocycles. The maximum absolute atomic E-state index is 13.9. The van der Waals surface area contributed by atoms with Crippen molar-refractivity contribution in [2.75, 3.05) is 0 Å². The first kappa shape index (κ1) is 15.4. The van der Waals surface area contributed by atoms with Gasteiger partial charge in [-0.15, -0.1) is 0 Å². The van der Waals surface area contributed by atoms with Crippen molar-refractivity contribution < 1.29 is 19.2 Å². The molecule has 7 heteroatoms. The molecular weight excluding hydrogens is 345 g/mol. The van der Waals surface area contributed by atoms with Crippen LogP contribution < -0.4 is 4.74 Å². The molecule has 0 saturated heterocycles. The Labute approximate surface area is 128 Å². The van der Waals surface area contributed by atoms with Crippen molar-refractivity contribution in [1.82, 2.24) is 0 Å². The number of rotatable bonds is 4. The zero-order valence-electron chi connectivity index (χ0n) is 11.0. The third-order valence-electron chi connectivity index (χ3n) is 2.85. The normalized spacial score (nSPS) is 10.5. The summed E-state index contributed by atoms with van der Waals surface area (Å²) in [6.45, 7) is 1.39. The van der Waals surface area contributed by atoms with Crippen LogP contribution in [0.3, 0.4) is 0 Å². The summed E-state index contributed by atoms with van der Waals surface area (Å²) in [6, 6.07) is 6.97. The van der Waals surface area contributed by atoms with Gasteiger partial charge in [-0.3, -0.25) is 10.1 Å². The van der Waals surface area contributed by atoms with Crippen molar-refractivity contribution in [3.8, 4) is 11.5 Å². The molecule has 0 aromatic heterocycles. The zero-order valence-corrected chi connectivity index (χ0v) is 12.6. The molecule has 0 heterocycles. The number of halogens is 2. The Morgan fingerprint density at radius 3 is 2.62 bits per heavy atom. The van der Waals surface area contributed by atoms with Crippen LogP contribution in [-0.2, 0) is 6.61 Å². The molecule has 0 unspecified atom stereocenters. The first-order chi connectivity index (χ1) is 9.92. The number of aliphatic hydroxyl groups excluding tert-OH is 1. The predicted octanol–water partition coefficient (Wildman–Crippen LogP) is 4.09. The monoisotopic (exact) mass is 355 g/mol. The molecule has 2 rings (SSSR count). The lowest BCUT2D eigenvalue weighted by Crippen LogP contribution is -1.96. The molecule has 21 heavy (non-hydrogen) atoms. The maximum Gasteiger partial charge on any atom is 0.275 e. The van der Waals surface area contributed by atoms with Crippen LogP contribution >= 0.6 is 15.9 Å². The van der Waals surface area contributed by atoms with Gasteiger partial charge in [-0.25, -0.2) is 4.39 Å². The third kappa shape index (κ3) is 3.37. The minimum atomic E-state index is -0.814. The molecule has 0 aliphatic carbocycles. The second kappa shape index (κ2) is 6.19. The van der Waals surface area contributed by atoms with Crippen LogP contribution in [0.2, 0.25) is 0 Å². The van der Waals surface area contributed by atoms with Crippen LogP contribution in [0.4, 0.5) is 10.1 Å². The van der Waals surface area contributed by atoms with Gasteiger partial charge in [-0.2, -0.15) is 0 Å². The summed E-state index contributed by atoms with van der Waals surface area (Å²) in [5, 5.41) is 19.8. The van der Waals surface area contributed by atoms with Crippen LogP contribution in [0.25, 0.3) is 0 Å². The summed E-state index contributed by atoms with van der Waals surface area (Å²) < 4.78 is 19.8. The Balaban J connectivity index is 2.36. The summed E-state index contributed by atoms with van der Waals surface area (Å²) in [6.07, 6.45) is 0. The van der Waals surface area contributed by atoms with E-state index in [4.69, 9.17) is 9.84 Å². The molecule has 2 aromatic carbocycles. The minimum absolute atomic E-state index is 0.101. The number of nitrogens with zero attached hydrogens (tertiary/aromatic N) is 1. The van der Waals surface area contributed by atoms with Crippen molar-refractivity contribution in [3.63, 3.8) is 0 Å². The van der Waals surface area contributed by atoms with E-state index in [-0.39, 0.29) is 18.0 Å². The van der Waals surface area contributed by atoms with E-state index in [1.165, 1.54) is 13.0 Å². The summed E-state index contributed by atoms with van der Waals surface area (Å²) in [4.78, 5) is 10.1. The molecule has 0 bridgehead atoms. The number of hydrogen-bond acceptors (Lipinski definition) is 4. The van der Waals surface area contributed by atoms with Crippen LogP contribution in [0.1, 0.15) is 11.1 Å². The highest BCUT2D eigenvalue weighted by Crippen LogP contribution is 2.34. The number of hydrogen-bond donors (Lipinski definition) is 1. The number of aryl methyl sites for hydroxylation is 1. The lowest BCUT2D eigenvalue weighted by Gasteiger charge is -2.10. The molecular formula is C14H11BrFNO4. The van der Waals surface area contributed by atoms with Crippen molar-refractivity contribution >= 4 is 21.6 Å². The van der Waals surface area contributed by atoms with E-state index < -0.39 is 10.7 Å². The van der Waals surface area contributed by atoms with Gasteiger partial charge >= 0.3 is 0 Å². The molecule has 0 radical (unpaired) electrons. The van der Waals surface area contributed by atoms with Crippen LogP contribution in [0, 0.1) is 22.9 Å². The Morgan fingerprint density at radius 1 is 1.33 bits per heavy atom. The number of benzene rings is 2. The van der Waals surface area contributed by atoms with E-state index in [9.17, 15) is 14.5 Å². The predicted molar refractivity (Wildman–Crippen MR) is 77.9 cm³/mol. The lowest BCUT2D eigenvalue weighted by atomic mass is 10.2. The van der Waals surface area contributed by atoms with E-state index in [2.05, 4.69) is 15.9 Å². The summed E-state index contributed by atoms with van der Waals surface area (Å²) >= 11 is 3.26. The second-order valence-corrected chi connectivity index (χ2v) is 5.21. The summed E-state index contributed by atoms with van der Waals surface area (Å²) in [5.74, 6) is -0.569. The molecule has 0 amide bonds. The van der Waals surface area contributed by atoms with Gasteiger partial charge in [0.25, 0.3) is 5.69 Å². The average molecular weight is 356 g/mol. The quantitative estimate of drug-likeness (QED) is 0.662. The van der Waals surface area contributed by atoms with Crippen molar-refractivity contribution in [2.45, 2.75) is 13.5 Å². The van der Waals surface area contributed by atoms with Crippen molar-refractivity contribution in [1.29, 1.82) is 0 Å². The first-order valence-electron chi connectivity index (χ1n) is 5.94. The largest absolute Gasteiger partial charge is 0.453 e. The summed E-state index contributed by atoms with van der Waals surface area (Å²) in [7, 11) is 0. The molecule has 5 nitrogen and oxygen atoms in total. The smallest absolute Gasteiger partial charge is 0.275 e. The van der Waals surface area contributed by atoms with E-state index in [0.29, 0.717) is 21.3 Å². The molecule has 2 aromatic rings. The fourth-order valence-corrected chi connectivity index (χ4v) is 2.27. The second-order valence-electron chi connectivity index (χ2n) is 4.35. The Kier molecular flexibility index (Phi) is 4.54. The van der Waals surface area contributed by atoms with Gasteiger partial charge in [-0.1, -0.05) is 6.07 Å². The van der Waals surface area contributed by atoms with Gasteiger partial charge in [0.1, 0.15) is 5.75 Å². The topological polar surface area (TPSA) is 72.6 Å². The van der Waals surface area contributed by atoms with Crippen molar-refractivity contribution in [3.05, 3.63) is 61.9 Å². The Morgan fingerprint density at radius 2 is 2.05 bits per heavy atom. The van der Waals surface area contributed by atoms with Crippen molar-refractivity contribution in [2.24, 2.45) is 0 Å². The number of ether oxygens (including phenoxy) is 1. The Bertz CT molecular complexity index is 706. The molecule has 1 N–H and O–H groups in total. The Hall–Kier alpha value is -1.99. The van der Waals surface area contributed by atoms with Gasteiger partial charge in [0.05, 0.1) is 22.1 Å². The number of nitro benzene ring substituents is 1. The van der Waals surface area contributed by atoms with E-state index >= 15 is 0 Å². The van der Waals surface area contributed by atoms with Crippen LogP contribution in [-0.4, -0.2) is 10.0 Å². The highest BCUT2D eigenvalue weighted by Gasteiger charge is 2.17. The average Bonchev–Trinajstić information content (AvgIpc) is 2.44. The molecule has 0 atom stereocenters. The van der Waals surface area contributed by atoms with Gasteiger partial charge in [-0.05, 0) is 46.6 Å². The van der Waals surface area contributed by atoms with Gasteiger partial charge in [0, 0.05) is 5.56 Å². The van der Waals surface area contributed by atoms with E-state index in [1.54, 1.807) is 18.2 Å². The highest BCUT2D eigenvalue weighted by molar-refractivity contribution is 9.10. The summed E-state index contributed by atoms with van der Waals surface area (Å²) in [5.41, 5.74) is 0.684. The maximum atomic E-state index is 13.9. The fourth-order valence-electron chi connectivity index (χ4n) is 1.76. The van der Waals surface area contributed by atoms with Crippen LogP contribution in [0.15, 0.2) is 34.8 Å². The molecule has 0 fully saturated rings. The number of aliphatic hydroxyl groups is 1. The SMILES string of the molecule is Cc1cc(Oc2ccc(CO)cc2Br)c(F)cc1[N+](=O)[O-]. The first-order valence-corrected chi connectivity index (χ1v) is 6.73. The standard InChI is InChI=1S/C14H11BrFNO4/c1-8-4-14(11(16)6-12(8)17(19)20)21-13-3-2-9(7-18)5-10(13)15/h2-6,18H,7H2,1H3. The molecule has 0 aliphatic heterocycles. The third-order valence-corrected chi connectivity index (χ3v) is 3.47. The van der Waals surface area contributed by atoms with Crippen LogP contribution in [0.5, 0.6) is 11.5 Å². The van der Waals surface area contributed by atoms with Gasteiger partial charge < -0.3 is 9.84 Å². The zero-order chi connectivity index (χ0) is 15.6. The molecule has 110 valence electrons. The fraction of sp³-hybridized carbons (Fsp3) is 0.143. The van der Waals surface area contributed by atoms with Gasteiger partial charge in [0.2, 0.25) is 0 Å². The molecule has 0 spiro atoms. The number of nitro groups is 1.